The molecule has 24 heavy (non-hydrogen) atoms. The summed E-state index contributed by atoms with van der Waals surface area (Å²) in [6, 6.07) is 11.2. The van der Waals surface area contributed by atoms with Gasteiger partial charge in [0.15, 0.2) is 0 Å². The van der Waals surface area contributed by atoms with Crippen molar-refractivity contribution in [3.8, 4) is 5.75 Å². The normalized spacial score (nSPS) is 11.0. The van der Waals surface area contributed by atoms with Crippen LogP contribution in [0.5, 0.6) is 5.75 Å². The molecule has 0 saturated carbocycles. The third kappa shape index (κ3) is 3.28. The second kappa shape index (κ2) is 6.65. The number of halogens is 1. The summed E-state index contributed by atoms with van der Waals surface area (Å²) >= 11 is 3.43. The molecule has 0 atom stereocenters. The van der Waals surface area contributed by atoms with Crippen molar-refractivity contribution in [2.75, 3.05) is 6.61 Å². The molecule has 0 amide bonds. The average molecular weight is 390 g/mol. The van der Waals surface area contributed by atoms with Crippen LogP contribution >= 0.6 is 15.9 Å². The first-order chi connectivity index (χ1) is 11.5. The first-order valence-electron chi connectivity index (χ1n) is 7.49. The van der Waals surface area contributed by atoms with Crippen LogP contribution in [0.15, 0.2) is 54.9 Å². The summed E-state index contributed by atoms with van der Waals surface area (Å²) in [7, 11) is 0. The van der Waals surface area contributed by atoms with Gasteiger partial charge in [-0.25, -0.2) is 9.59 Å². The van der Waals surface area contributed by atoms with Crippen molar-refractivity contribution >= 4 is 26.8 Å². The van der Waals surface area contributed by atoms with E-state index in [0.717, 1.165) is 16.9 Å². The maximum Gasteiger partial charge on any atom is 0.422 e. The highest BCUT2D eigenvalue weighted by molar-refractivity contribution is 9.10. The summed E-state index contributed by atoms with van der Waals surface area (Å²) in [4.78, 5) is 24.0. The number of hydrogen-bond donors (Lipinski definition) is 0. The van der Waals surface area contributed by atoms with Gasteiger partial charge in [-0.1, -0.05) is 17.7 Å². The van der Waals surface area contributed by atoms with Crippen LogP contribution in [0.2, 0.25) is 0 Å². The molecule has 0 radical (unpaired) electrons. The second-order valence-electron chi connectivity index (χ2n) is 5.61. The third-order valence-electron chi connectivity index (χ3n) is 3.70. The van der Waals surface area contributed by atoms with E-state index in [4.69, 9.17) is 9.15 Å². The Labute approximate surface area is 146 Å². The van der Waals surface area contributed by atoms with E-state index in [1.54, 1.807) is 6.07 Å². The quantitative estimate of drug-likeness (QED) is 0.685. The molecule has 0 bridgehead atoms. The third-order valence-corrected chi connectivity index (χ3v) is 4.31. The minimum Gasteiger partial charge on any atom is -0.492 e. The molecule has 0 aliphatic heterocycles. The molecule has 0 fully saturated rings. The minimum atomic E-state index is -0.690. The zero-order chi connectivity index (χ0) is 17.3. The number of nitrogens with zero attached hydrogens (tertiary/aromatic N) is 1. The smallest absolute Gasteiger partial charge is 0.422 e. The van der Waals surface area contributed by atoms with Crippen molar-refractivity contribution in [2.45, 2.75) is 20.4 Å². The molecule has 0 spiro atoms. The molecule has 3 aromatic rings. The van der Waals surface area contributed by atoms with Gasteiger partial charge in [0.1, 0.15) is 12.4 Å². The number of aromatic nitrogens is 1. The Kier molecular flexibility index (Phi) is 4.57. The maximum atomic E-state index is 12.1. The lowest BCUT2D eigenvalue weighted by Gasteiger charge is -2.12. The Bertz CT molecular complexity index is 1000. The number of fused-ring (bicyclic) bond motifs is 1. The standard InChI is InChI=1S/C18H16BrNO4/c1-11-3-5-13(6-4-11)23-8-7-20-16-14(17(21)24-18(20)22)9-12(2)10-15(16)19/h3-6,9-10H,7-8H2,1-2H3. The molecule has 6 heteroatoms. The molecule has 5 nitrogen and oxygen atoms in total. The van der Waals surface area contributed by atoms with Gasteiger partial charge in [-0.2, -0.15) is 0 Å². The lowest BCUT2D eigenvalue weighted by atomic mass is 10.2. The van der Waals surface area contributed by atoms with E-state index in [1.165, 1.54) is 4.57 Å². The highest BCUT2D eigenvalue weighted by Gasteiger charge is 2.13. The predicted octanol–water partition coefficient (Wildman–Crippen LogP) is 3.41. The topological polar surface area (TPSA) is 61.4 Å². The van der Waals surface area contributed by atoms with Gasteiger partial charge < -0.3 is 9.15 Å². The van der Waals surface area contributed by atoms with Gasteiger partial charge >= 0.3 is 11.4 Å². The summed E-state index contributed by atoms with van der Waals surface area (Å²) in [6.45, 7) is 4.43. The molecule has 0 unspecified atom stereocenters. The van der Waals surface area contributed by atoms with E-state index in [0.29, 0.717) is 15.4 Å². The van der Waals surface area contributed by atoms with Crippen molar-refractivity contribution in [3.05, 3.63) is 73.0 Å². The van der Waals surface area contributed by atoms with E-state index in [9.17, 15) is 9.59 Å². The van der Waals surface area contributed by atoms with E-state index >= 15 is 0 Å². The van der Waals surface area contributed by atoms with Gasteiger partial charge in [-0.3, -0.25) is 4.57 Å². The molecule has 0 aliphatic carbocycles. The number of hydrogen-bond acceptors (Lipinski definition) is 4. The Morgan fingerprint density at radius 3 is 2.50 bits per heavy atom. The van der Waals surface area contributed by atoms with E-state index < -0.39 is 11.4 Å². The molecule has 124 valence electrons. The van der Waals surface area contributed by atoms with Crippen LogP contribution in [0.25, 0.3) is 10.9 Å². The highest BCUT2D eigenvalue weighted by atomic mass is 79.9. The predicted molar refractivity (Wildman–Crippen MR) is 95.9 cm³/mol. The van der Waals surface area contributed by atoms with Crippen LogP contribution in [0.4, 0.5) is 0 Å². The van der Waals surface area contributed by atoms with Crippen molar-refractivity contribution in [3.63, 3.8) is 0 Å². The van der Waals surface area contributed by atoms with Crippen molar-refractivity contribution in [1.29, 1.82) is 0 Å². The zero-order valence-corrected chi connectivity index (χ0v) is 14.9. The fourth-order valence-corrected chi connectivity index (χ4v) is 3.33. The van der Waals surface area contributed by atoms with Gasteiger partial charge in [0.05, 0.1) is 17.4 Å². The summed E-state index contributed by atoms with van der Waals surface area (Å²) in [5.74, 6) is 0.0369. The van der Waals surface area contributed by atoms with Gasteiger partial charge in [0.2, 0.25) is 0 Å². The fraction of sp³-hybridized carbons (Fsp3) is 0.222. The lowest BCUT2D eigenvalue weighted by Crippen LogP contribution is -2.27. The Balaban J connectivity index is 1.93. The highest BCUT2D eigenvalue weighted by Crippen LogP contribution is 2.23. The molecule has 2 aromatic carbocycles. The van der Waals surface area contributed by atoms with E-state index in [-0.39, 0.29) is 13.2 Å². The van der Waals surface area contributed by atoms with Gasteiger partial charge in [0, 0.05) is 4.47 Å². The summed E-state index contributed by atoms with van der Waals surface area (Å²) < 4.78 is 12.6. The first-order valence-corrected chi connectivity index (χ1v) is 8.28. The maximum absolute atomic E-state index is 12.1. The second-order valence-corrected chi connectivity index (χ2v) is 6.47. The fourth-order valence-electron chi connectivity index (χ4n) is 2.54. The average Bonchev–Trinajstić information content (AvgIpc) is 2.52. The van der Waals surface area contributed by atoms with Crippen LogP contribution in [-0.2, 0) is 6.54 Å². The minimum absolute atomic E-state index is 0.272. The van der Waals surface area contributed by atoms with E-state index in [2.05, 4.69) is 15.9 Å². The molecule has 1 aromatic heterocycles. The van der Waals surface area contributed by atoms with Crippen molar-refractivity contribution in [2.24, 2.45) is 0 Å². The zero-order valence-electron chi connectivity index (χ0n) is 13.3. The van der Waals surface area contributed by atoms with Gasteiger partial charge in [-0.15, -0.1) is 0 Å². The monoisotopic (exact) mass is 389 g/mol. The largest absolute Gasteiger partial charge is 0.492 e. The molecule has 0 saturated heterocycles. The Hall–Kier alpha value is -2.34. The molecule has 1 heterocycles. The molecule has 0 aliphatic rings. The number of ether oxygens (including phenoxy) is 1. The first kappa shape index (κ1) is 16.5. The van der Waals surface area contributed by atoms with Crippen molar-refractivity contribution in [1.82, 2.24) is 4.57 Å². The summed E-state index contributed by atoms with van der Waals surface area (Å²) in [6.07, 6.45) is 0. The van der Waals surface area contributed by atoms with Crippen molar-refractivity contribution < 1.29 is 9.15 Å². The molecular weight excluding hydrogens is 374 g/mol. The Morgan fingerprint density at radius 2 is 1.79 bits per heavy atom. The van der Waals surface area contributed by atoms with Crippen LogP contribution < -0.4 is 16.1 Å². The van der Waals surface area contributed by atoms with Crippen LogP contribution in [0, 0.1) is 13.8 Å². The van der Waals surface area contributed by atoms with Gasteiger partial charge in [0.25, 0.3) is 0 Å². The van der Waals surface area contributed by atoms with Crippen LogP contribution in [-0.4, -0.2) is 11.2 Å². The Morgan fingerprint density at radius 1 is 1.08 bits per heavy atom. The number of aryl methyl sites for hydroxylation is 2. The van der Waals surface area contributed by atoms with Crippen LogP contribution in [0.3, 0.4) is 0 Å². The number of rotatable bonds is 4. The summed E-state index contributed by atoms with van der Waals surface area (Å²) in [5.41, 5.74) is 1.95. The number of benzene rings is 2. The summed E-state index contributed by atoms with van der Waals surface area (Å²) in [5, 5.41) is 0.372. The molecular formula is C18H16BrNO4. The molecule has 0 N–H and O–H groups in total. The van der Waals surface area contributed by atoms with Crippen LogP contribution in [0.1, 0.15) is 11.1 Å². The van der Waals surface area contributed by atoms with E-state index in [1.807, 2.05) is 44.2 Å². The van der Waals surface area contributed by atoms with Gasteiger partial charge in [-0.05, 0) is 59.6 Å². The molecule has 3 rings (SSSR count). The lowest BCUT2D eigenvalue weighted by molar-refractivity contribution is 0.287. The SMILES string of the molecule is Cc1ccc(OCCn2c(=O)oc(=O)c3cc(C)cc(Br)c32)cc1.